The quantitative estimate of drug-likeness (QED) is 0.431. The minimum atomic E-state index is -4.42. The molecule has 0 fully saturated rings. The zero-order valence-corrected chi connectivity index (χ0v) is 15.7. The molecule has 2 rings (SSSR count). The van der Waals surface area contributed by atoms with Gasteiger partial charge in [-0.2, -0.15) is 18.4 Å². The highest BCUT2D eigenvalue weighted by Gasteiger charge is 2.30. The van der Waals surface area contributed by atoms with E-state index in [0.717, 1.165) is 23.9 Å². The van der Waals surface area contributed by atoms with Crippen LogP contribution < -0.4 is 4.72 Å². The highest BCUT2D eigenvalue weighted by Crippen LogP contribution is 2.34. The molecule has 0 bridgehead atoms. The van der Waals surface area contributed by atoms with Crippen LogP contribution in [0.15, 0.2) is 46.2 Å². The second kappa shape index (κ2) is 7.78. The maximum atomic E-state index is 12.6. The van der Waals surface area contributed by atoms with Gasteiger partial charge in [0.1, 0.15) is 4.90 Å². The molecule has 0 atom stereocenters. The first-order chi connectivity index (χ1) is 12.0. The van der Waals surface area contributed by atoms with E-state index in [1.54, 1.807) is 11.6 Å². The van der Waals surface area contributed by atoms with Gasteiger partial charge in [-0.15, -0.1) is 11.8 Å². The lowest BCUT2D eigenvalue weighted by Crippen LogP contribution is -2.19. The molecule has 0 aliphatic heterocycles. The van der Waals surface area contributed by atoms with Gasteiger partial charge in [0.05, 0.1) is 5.56 Å². The third-order valence-electron chi connectivity index (χ3n) is 3.37. The Morgan fingerprint density at radius 1 is 1.23 bits per heavy atom. The van der Waals surface area contributed by atoms with Crippen molar-refractivity contribution in [2.24, 2.45) is 0 Å². The Balaban J connectivity index is 2.29. The van der Waals surface area contributed by atoms with Crippen LogP contribution in [0, 0.1) is 18.4 Å². The second-order valence-electron chi connectivity index (χ2n) is 5.25. The normalized spacial score (nSPS) is 11.8. The fourth-order valence-corrected chi connectivity index (χ4v) is 4.56. The van der Waals surface area contributed by atoms with Gasteiger partial charge < -0.3 is 0 Å². The zero-order chi connectivity index (χ0) is 19.5. The number of nitrogens with one attached hydrogen (secondary N) is 1. The Bertz CT molecular complexity index is 953. The Kier molecular flexibility index (Phi) is 6.11. The second-order valence-corrected chi connectivity index (χ2v) is 8.32. The summed E-state index contributed by atoms with van der Waals surface area (Å²) in [5, 5.41) is 8.96. The number of nitrogens with zero attached hydrogens (tertiary/aromatic N) is 1. The summed E-state index contributed by atoms with van der Waals surface area (Å²) >= 11 is 7.14. The van der Waals surface area contributed by atoms with E-state index in [4.69, 9.17) is 16.9 Å². The fourth-order valence-electron chi connectivity index (χ4n) is 2.03. The van der Waals surface area contributed by atoms with Crippen molar-refractivity contribution < 1.29 is 21.6 Å². The van der Waals surface area contributed by atoms with Crippen LogP contribution in [0.1, 0.15) is 16.7 Å². The molecular formula is C16H12ClF3N2O2S2. The lowest BCUT2D eigenvalue weighted by molar-refractivity contribution is -0.137. The maximum absolute atomic E-state index is 12.6. The van der Waals surface area contributed by atoms with Gasteiger partial charge in [-0.1, -0.05) is 23.7 Å². The van der Waals surface area contributed by atoms with Crippen molar-refractivity contribution >= 4 is 33.4 Å². The topological polar surface area (TPSA) is 70.0 Å². The largest absolute Gasteiger partial charge is 0.416 e. The van der Waals surface area contributed by atoms with E-state index in [-0.39, 0.29) is 10.6 Å². The summed E-state index contributed by atoms with van der Waals surface area (Å²) in [6.07, 6.45) is -3.04. The minimum Gasteiger partial charge on any atom is -0.215 e. The van der Waals surface area contributed by atoms with Crippen LogP contribution in [0.5, 0.6) is 0 Å². The van der Waals surface area contributed by atoms with E-state index in [9.17, 15) is 21.6 Å². The minimum absolute atomic E-state index is 0.113. The average molecular weight is 421 g/mol. The number of alkyl halides is 3. The van der Waals surface area contributed by atoms with Gasteiger partial charge in [-0.3, -0.25) is 0 Å². The van der Waals surface area contributed by atoms with E-state index in [0.29, 0.717) is 21.0 Å². The molecule has 0 radical (unpaired) electrons. The van der Waals surface area contributed by atoms with Crippen molar-refractivity contribution in [1.82, 2.24) is 4.72 Å². The molecule has 138 valence electrons. The van der Waals surface area contributed by atoms with Gasteiger partial charge in [-0.05, 0) is 42.3 Å². The summed E-state index contributed by atoms with van der Waals surface area (Å²) < 4.78 is 63.8. The molecule has 2 aromatic rings. The number of aryl methyl sites for hydroxylation is 1. The molecule has 1 N–H and O–H groups in total. The number of hydrogen-bond acceptors (Lipinski definition) is 4. The van der Waals surface area contributed by atoms with Crippen LogP contribution in [0.2, 0.25) is 5.02 Å². The number of rotatable bonds is 5. The SMILES string of the molecule is Cc1cc(S(=O)(=O)NC#N)c(SCc2ccc(C(F)(F)F)cc2)cc1Cl. The summed E-state index contributed by atoms with van der Waals surface area (Å²) in [6, 6.07) is 7.38. The van der Waals surface area contributed by atoms with Crippen molar-refractivity contribution in [3.63, 3.8) is 0 Å². The predicted octanol–water partition coefficient (Wildman–Crippen LogP) is 4.72. The number of sulfonamides is 1. The van der Waals surface area contributed by atoms with Gasteiger partial charge in [0.2, 0.25) is 0 Å². The van der Waals surface area contributed by atoms with Crippen molar-refractivity contribution in [3.05, 3.63) is 58.1 Å². The van der Waals surface area contributed by atoms with E-state index in [1.165, 1.54) is 30.5 Å². The summed E-state index contributed by atoms with van der Waals surface area (Å²) in [4.78, 5) is 0.182. The number of halogens is 4. The number of hydrogen-bond donors (Lipinski definition) is 1. The third kappa shape index (κ3) is 4.84. The molecule has 0 heterocycles. The van der Waals surface area contributed by atoms with Crippen LogP contribution in [0.3, 0.4) is 0 Å². The molecule has 10 heteroatoms. The van der Waals surface area contributed by atoms with Crippen molar-refractivity contribution in [2.45, 2.75) is 28.6 Å². The lowest BCUT2D eigenvalue weighted by atomic mass is 10.1. The van der Waals surface area contributed by atoms with Gasteiger partial charge in [-0.25, -0.2) is 13.1 Å². The number of nitriles is 1. The molecular weight excluding hydrogens is 409 g/mol. The highest BCUT2D eigenvalue weighted by molar-refractivity contribution is 7.99. The van der Waals surface area contributed by atoms with Crippen LogP contribution in [-0.4, -0.2) is 8.42 Å². The highest BCUT2D eigenvalue weighted by atomic mass is 35.5. The lowest BCUT2D eigenvalue weighted by Gasteiger charge is -2.12. The third-order valence-corrected chi connectivity index (χ3v) is 6.31. The maximum Gasteiger partial charge on any atom is 0.416 e. The first-order valence-electron chi connectivity index (χ1n) is 7.04. The van der Waals surface area contributed by atoms with Crippen LogP contribution >= 0.6 is 23.4 Å². The number of benzene rings is 2. The van der Waals surface area contributed by atoms with E-state index in [1.807, 2.05) is 0 Å². The van der Waals surface area contributed by atoms with Crippen LogP contribution in [-0.2, 0) is 22.0 Å². The van der Waals surface area contributed by atoms with Crippen molar-refractivity contribution in [3.8, 4) is 6.19 Å². The molecule has 0 aliphatic carbocycles. The Labute approximate surface area is 158 Å². The van der Waals surface area contributed by atoms with Crippen LogP contribution in [0.4, 0.5) is 13.2 Å². The van der Waals surface area contributed by atoms with Crippen molar-refractivity contribution in [1.29, 1.82) is 5.26 Å². The summed E-state index contributed by atoms with van der Waals surface area (Å²) in [7, 11) is -4.05. The molecule has 26 heavy (non-hydrogen) atoms. The first kappa shape index (κ1) is 20.4. The average Bonchev–Trinajstić information content (AvgIpc) is 2.55. The standard InChI is InChI=1S/C16H12ClF3N2O2S2/c1-10-6-15(26(23,24)22-9-21)14(7-13(10)17)25-8-11-2-4-12(5-3-11)16(18,19)20/h2-7,22H,8H2,1H3. The number of thioether (sulfide) groups is 1. The molecule has 0 saturated carbocycles. The summed E-state index contributed by atoms with van der Waals surface area (Å²) in [5.74, 6) is 0.229. The van der Waals surface area contributed by atoms with E-state index >= 15 is 0 Å². The molecule has 0 aromatic heterocycles. The molecule has 0 spiro atoms. The summed E-state index contributed by atoms with van der Waals surface area (Å²) in [6.45, 7) is 1.62. The molecule has 4 nitrogen and oxygen atoms in total. The molecule has 0 unspecified atom stereocenters. The molecule has 0 aliphatic rings. The first-order valence-corrected chi connectivity index (χ1v) is 9.89. The predicted molar refractivity (Wildman–Crippen MR) is 93.1 cm³/mol. The Hall–Kier alpha value is -1.89. The molecule has 0 saturated heterocycles. The monoisotopic (exact) mass is 420 g/mol. The smallest absolute Gasteiger partial charge is 0.215 e. The van der Waals surface area contributed by atoms with Crippen molar-refractivity contribution in [2.75, 3.05) is 0 Å². The Morgan fingerprint density at radius 3 is 2.38 bits per heavy atom. The van der Waals surface area contributed by atoms with Gasteiger partial charge in [0.15, 0.2) is 6.19 Å². The molecule has 0 amide bonds. The van der Waals surface area contributed by atoms with E-state index < -0.39 is 21.8 Å². The van der Waals surface area contributed by atoms with Gasteiger partial charge >= 0.3 is 6.18 Å². The van der Waals surface area contributed by atoms with Gasteiger partial charge in [0.25, 0.3) is 10.0 Å². The summed E-state index contributed by atoms with van der Waals surface area (Å²) in [5.41, 5.74) is 0.339. The molecule has 2 aromatic carbocycles. The zero-order valence-electron chi connectivity index (χ0n) is 13.3. The fraction of sp³-hybridized carbons (Fsp3) is 0.188. The van der Waals surface area contributed by atoms with Gasteiger partial charge in [0, 0.05) is 15.7 Å². The van der Waals surface area contributed by atoms with Crippen LogP contribution in [0.25, 0.3) is 0 Å². The van der Waals surface area contributed by atoms with E-state index in [2.05, 4.69) is 0 Å². The Morgan fingerprint density at radius 2 is 1.85 bits per heavy atom.